The van der Waals surface area contributed by atoms with Gasteiger partial charge in [0.1, 0.15) is 6.10 Å². The molecule has 0 aromatic heterocycles. The van der Waals surface area contributed by atoms with Gasteiger partial charge in [-0.05, 0) is 34.5 Å². The smallest absolute Gasteiger partial charge is 0.335 e. The average Bonchev–Trinajstić information content (AvgIpc) is 2.44. The first-order valence-corrected chi connectivity index (χ1v) is 6.84. The number of alkyl halides is 1. The Morgan fingerprint density at radius 3 is 2.37 bits per heavy atom. The van der Waals surface area contributed by atoms with Gasteiger partial charge in [0, 0.05) is 5.33 Å². The van der Waals surface area contributed by atoms with Crippen molar-refractivity contribution in [1.29, 1.82) is 0 Å². The highest BCUT2D eigenvalue weighted by atomic mass is 79.9. The molecular weight excluding hydrogens is 312 g/mol. The third-order valence-corrected chi connectivity index (χ3v) is 3.64. The normalized spacial score (nSPS) is 14.3. The van der Waals surface area contributed by atoms with Gasteiger partial charge in [-0.3, -0.25) is 0 Å². The average molecular weight is 325 g/mol. The molecule has 0 bridgehead atoms. The molecule has 0 amide bonds. The standard InChI is InChI=1S/C14H13BrO4/c15-7-12(16)13(17)10-3-1-9-6-11(14(18)19)4-2-8(9)5-10/h1-6,12-13,16-17H,7H2,(H,18,19). The van der Waals surface area contributed by atoms with Crippen LogP contribution in [0.1, 0.15) is 22.0 Å². The highest BCUT2D eigenvalue weighted by Crippen LogP contribution is 2.24. The number of aliphatic hydroxyl groups excluding tert-OH is 2. The van der Waals surface area contributed by atoms with Gasteiger partial charge in [-0.1, -0.05) is 34.1 Å². The van der Waals surface area contributed by atoms with E-state index in [1.54, 1.807) is 30.3 Å². The molecule has 0 spiro atoms. The molecule has 0 aliphatic carbocycles. The summed E-state index contributed by atoms with van der Waals surface area (Å²) in [4.78, 5) is 10.9. The van der Waals surface area contributed by atoms with Gasteiger partial charge in [0.05, 0.1) is 11.7 Å². The van der Waals surface area contributed by atoms with Crippen molar-refractivity contribution in [3.8, 4) is 0 Å². The fourth-order valence-corrected chi connectivity index (χ4v) is 2.24. The van der Waals surface area contributed by atoms with E-state index < -0.39 is 18.2 Å². The Balaban J connectivity index is 2.42. The Bertz CT molecular complexity index is 611. The molecule has 0 heterocycles. The number of carboxylic acids is 1. The predicted molar refractivity (Wildman–Crippen MR) is 75.7 cm³/mol. The lowest BCUT2D eigenvalue weighted by molar-refractivity contribution is 0.0343. The van der Waals surface area contributed by atoms with E-state index >= 15 is 0 Å². The van der Waals surface area contributed by atoms with Gasteiger partial charge >= 0.3 is 5.97 Å². The summed E-state index contributed by atoms with van der Waals surface area (Å²) in [5.41, 5.74) is 0.823. The summed E-state index contributed by atoms with van der Waals surface area (Å²) in [6.45, 7) is 0. The van der Waals surface area contributed by atoms with Gasteiger partial charge in [0.15, 0.2) is 0 Å². The van der Waals surface area contributed by atoms with E-state index in [0.717, 1.165) is 10.8 Å². The van der Waals surface area contributed by atoms with E-state index in [1.165, 1.54) is 6.07 Å². The van der Waals surface area contributed by atoms with Crippen molar-refractivity contribution in [2.45, 2.75) is 12.2 Å². The van der Waals surface area contributed by atoms with Crippen molar-refractivity contribution in [2.75, 3.05) is 5.33 Å². The minimum Gasteiger partial charge on any atom is -0.478 e. The molecule has 0 aliphatic rings. The largest absolute Gasteiger partial charge is 0.478 e. The second-order valence-corrected chi connectivity index (χ2v) is 4.94. The predicted octanol–water partition coefficient (Wildman–Crippen LogP) is 2.33. The fourth-order valence-electron chi connectivity index (χ4n) is 1.89. The molecule has 0 radical (unpaired) electrons. The summed E-state index contributed by atoms with van der Waals surface area (Å²) >= 11 is 3.11. The summed E-state index contributed by atoms with van der Waals surface area (Å²) in [7, 11) is 0. The molecule has 2 unspecified atom stereocenters. The second-order valence-electron chi connectivity index (χ2n) is 4.29. The van der Waals surface area contributed by atoms with Crippen molar-refractivity contribution in [3.63, 3.8) is 0 Å². The van der Waals surface area contributed by atoms with Crippen LogP contribution < -0.4 is 0 Å². The Hall–Kier alpha value is -1.43. The first kappa shape index (κ1) is 14.0. The van der Waals surface area contributed by atoms with Crippen molar-refractivity contribution in [2.24, 2.45) is 0 Å². The molecule has 2 atom stereocenters. The van der Waals surface area contributed by atoms with Crippen LogP contribution >= 0.6 is 15.9 Å². The van der Waals surface area contributed by atoms with E-state index in [9.17, 15) is 15.0 Å². The first-order valence-electron chi connectivity index (χ1n) is 5.72. The molecule has 0 fully saturated rings. The van der Waals surface area contributed by atoms with Crippen molar-refractivity contribution < 1.29 is 20.1 Å². The molecule has 2 rings (SSSR count). The zero-order valence-electron chi connectivity index (χ0n) is 9.95. The van der Waals surface area contributed by atoms with E-state index in [1.807, 2.05) is 0 Å². The number of halogens is 1. The molecule has 100 valence electrons. The summed E-state index contributed by atoms with van der Waals surface area (Å²) in [5, 5.41) is 30.3. The number of hydrogen-bond donors (Lipinski definition) is 3. The van der Waals surface area contributed by atoms with Crippen LogP contribution in [0.2, 0.25) is 0 Å². The van der Waals surface area contributed by atoms with Gasteiger partial charge in [0.2, 0.25) is 0 Å². The fraction of sp³-hybridized carbons (Fsp3) is 0.214. The molecule has 3 N–H and O–H groups in total. The number of benzene rings is 2. The Morgan fingerprint density at radius 2 is 1.74 bits per heavy atom. The van der Waals surface area contributed by atoms with Crippen LogP contribution in [0.25, 0.3) is 10.8 Å². The van der Waals surface area contributed by atoms with Gasteiger partial charge in [0.25, 0.3) is 0 Å². The number of hydrogen-bond acceptors (Lipinski definition) is 3. The maximum atomic E-state index is 10.9. The van der Waals surface area contributed by atoms with Crippen LogP contribution in [0.4, 0.5) is 0 Å². The Labute approximate surface area is 118 Å². The Kier molecular flexibility index (Phi) is 4.19. The number of fused-ring (bicyclic) bond motifs is 1. The number of rotatable bonds is 4. The SMILES string of the molecule is O=C(O)c1ccc2cc(C(O)C(O)CBr)ccc2c1. The second kappa shape index (κ2) is 5.69. The maximum Gasteiger partial charge on any atom is 0.335 e. The molecule has 0 aliphatic heterocycles. The third-order valence-electron chi connectivity index (χ3n) is 2.98. The summed E-state index contributed by atoms with van der Waals surface area (Å²) in [5.74, 6) is -0.972. The highest BCUT2D eigenvalue weighted by Gasteiger charge is 2.17. The zero-order chi connectivity index (χ0) is 14.0. The first-order chi connectivity index (χ1) is 9.02. The van der Waals surface area contributed by atoms with Crippen LogP contribution in [0.5, 0.6) is 0 Å². The van der Waals surface area contributed by atoms with Crippen LogP contribution in [0, 0.1) is 0 Å². The zero-order valence-corrected chi connectivity index (χ0v) is 11.5. The summed E-state index contributed by atoms with van der Waals surface area (Å²) in [6.07, 6.45) is -1.85. The van der Waals surface area contributed by atoms with Gasteiger partial charge in [-0.25, -0.2) is 4.79 Å². The number of carboxylic acid groups (broad SMARTS) is 1. The molecule has 4 nitrogen and oxygen atoms in total. The summed E-state index contributed by atoms with van der Waals surface area (Å²) in [6, 6.07) is 9.95. The highest BCUT2D eigenvalue weighted by molar-refractivity contribution is 9.09. The van der Waals surface area contributed by atoms with E-state index in [0.29, 0.717) is 5.56 Å². The molecule has 19 heavy (non-hydrogen) atoms. The minimum atomic E-state index is -0.972. The van der Waals surface area contributed by atoms with Crippen molar-refractivity contribution >= 4 is 32.7 Å². The van der Waals surface area contributed by atoms with Crippen LogP contribution in [-0.4, -0.2) is 32.7 Å². The lowest BCUT2D eigenvalue weighted by atomic mass is 10.00. The van der Waals surface area contributed by atoms with Gasteiger partial charge < -0.3 is 15.3 Å². The van der Waals surface area contributed by atoms with E-state index in [-0.39, 0.29) is 10.9 Å². The molecule has 2 aromatic rings. The minimum absolute atomic E-state index is 0.223. The van der Waals surface area contributed by atoms with Crippen molar-refractivity contribution in [3.05, 3.63) is 47.5 Å². The quantitative estimate of drug-likeness (QED) is 0.754. The molecule has 0 saturated carbocycles. The number of aromatic carboxylic acids is 1. The van der Waals surface area contributed by atoms with Gasteiger partial charge in [-0.2, -0.15) is 0 Å². The lowest BCUT2D eigenvalue weighted by Crippen LogP contribution is -2.19. The van der Waals surface area contributed by atoms with Crippen LogP contribution in [0.3, 0.4) is 0 Å². The Morgan fingerprint density at radius 1 is 1.11 bits per heavy atom. The number of aliphatic hydroxyl groups is 2. The molecule has 5 heteroatoms. The molecule has 2 aromatic carbocycles. The maximum absolute atomic E-state index is 10.9. The topological polar surface area (TPSA) is 77.8 Å². The molecular formula is C14H13BrO4. The van der Waals surface area contributed by atoms with E-state index in [2.05, 4.69) is 15.9 Å². The third kappa shape index (κ3) is 2.94. The van der Waals surface area contributed by atoms with E-state index in [4.69, 9.17) is 5.11 Å². The van der Waals surface area contributed by atoms with Crippen LogP contribution in [0.15, 0.2) is 36.4 Å². The monoisotopic (exact) mass is 324 g/mol. The van der Waals surface area contributed by atoms with Gasteiger partial charge in [-0.15, -0.1) is 0 Å². The molecule has 0 saturated heterocycles. The van der Waals surface area contributed by atoms with Crippen molar-refractivity contribution in [1.82, 2.24) is 0 Å². The lowest BCUT2D eigenvalue weighted by Gasteiger charge is -2.16. The number of carbonyl (C=O) groups is 1. The van der Waals surface area contributed by atoms with Crippen LogP contribution in [-0.2, 0) is 0 Å². The summed E-state index contributed by atoms with van der Waals surface area (Å²) < 4.78 is 0.